The highest BCUT2D eigenvalue weighted by Crippen LogP contribution is 2.25. The Hall–Kier alpha value is -0.370. The molecule has 1 aliphatic heterocycles. The van der Waals surface area contributed by atoms with Gasteiger partial charge in [0, 0.05) is 24.4 Å². The molecule has 0 bridgehead atoms. The van der Waals surface area contributed by atoms with Crippen molar-refractivity contribution < 1.29 is 4.79 Å². The third-order valence-electron chi connectivity index (χ3n) is 3.09. The Morgan fingerprint density at radius 3 is 2.50 bits per heavy atom. The fourth-order valence-corrected chi connectivity index (χ4v) is 2.08. The molecule has 82 valence electrons. The van der Waals surface area contributed by atoms with Gasteiger partial charge in [-0.05, 0) is 40.2 Å². The van der Waals surface area contributed by atoms with Crippen LogP contribution in [-0.2, 0) is 4.79 Å². The van der Waals surface area contributed by atoms with Crippen molar-refractivity contribution in [1.29, 1.82) is 0 Å². The van der Waals surface area contributed by atoms with E-state index in [-0.39, 0.29) is 5.54 Å². The maximum Gasteiger partial charge on any atom is 0.137 e. The predicted octanol–water partition coefficient (Wildman–Crippen LogP) is 2.48. The van der Waals surface area contributed by atoms with Crippen molar-refractivity contribution in [3.8, 4) is 0 Å². The van der Waals surface area contributed by atoms with Crippen LogP contribution >= 0.6 is 0 Å². The Kier molecular flexibility index (Phi) is 3.71. The second kappa shape index (κ2) is 4.43. The molecule has 1 fully saturated rings. The van der Waals surface area contributed by atoms with Crippen LogP contribution in [0.3, 0.4) is 0 Å². The van der Waals surface area contributed by atoms with Gasteiger partial charge in [-0.15, -0.1) is 0 Å². The van der Waals surface area contributed by atoms with Gasteiger partial charge in [0.25, 0.3) is 0 Å². The fourth-order valence-electron chi connectivity index (χ4n) is 2.08. The number of carbonyl (C=O) groups is 1. The van der Waals surface area contributed by atoms with Crippen LogP contribution in [-0.4, -0.2) is 29.3 Å². The van der Waals surface area contributed by atoms with Crippen LogP contribution in [0.15, 0.2) is 0 Å². The molecule has 0 radical (unpaired) electrons. The summed E-state index contributed by atoms with van der Waals surface area (Å²) in [6.45, 7) is 10.8. The summed E-state index contributed by atoms with van der Waals surface area (Å²) in [5.74, 6) is 0.786. The first kappa shape index (κ1) is 11.7. The Balaban J connectivity index is 2.45. The molecule has 1 aliphatic rings. The second-order valence-corrected chi connectivity index (χ2v) is 5.32. The van der Waals surface area contributed by atoms with Gasteiger partial charge in [0.2, 0.25) is 0 Å². The molecule has 2 heteroatoms. The lowest BCUT2D eigenvalue weighted by molar-refractivity contribution is -0.122. The molecule has 2 nitrogen and oxygen atoms in total. The number of likely N-dealkylation sites (tertiary alicyclic amines) is 1. The number of carbonyl (C=O) groups excluding carboxylic acids is 1. The third-order valence-corrected chi connectivity index (χ3v) is 3.09. The summed E-state index contributed by atoms with van der Waals surface area (Å²) in [4.78, 5) is 14.1. The zero-order valence-corrected chi connectivity index (χ0v) is 9.97. The fraction of sp³-hybridized carbons (Fsp3) is 0.917. The van der Waals surface area contributed by atoms with Gasteiger partial charge < -0.3 is 0 Å². The van der Waals surface area contributed by atoms with Crippen molar-refractivity contribution in [2.24, 2.45) is 5.92 Å². The first-order valence-electron chi connectivity index (χ1n) is 5.73. The van der Waals surface area contributed by atoms with Crippen molar-refractivity contribution in [1.82, 2.24) is 4.90 Å². The zero-order valence-electron chi connectivity index (χ0n) is 9.97. The summed E-state index contributed by atoms with van der Waals surface area (Å²) < 4.78 is 0. The Morgan fingerprint density at radius 1 is 1.43 bits per heavy atom. The van der Waals surface area contributed by atoms with E-state index >= 15 is 0 Å². The van der Waals surface area contributed by atoms with E-state index in [1.807, 2.05) is 0 Å². The monoisotopic (exact) mass is 197 g/mol. The second-order valence-electron chi connectivity index (χ2n) is 5.32. The van der Waals surface area contributed by atoms with Gasteiger partial charge in [-0.2, -0.15) is 0 Å². The molecule has 1 heterocycles. The molecular weight excluding hydrogens is 174 g/mol. The van der Waals surface area contributed by atoms with E-state index in [0.717, 1.165) is 32.4 Å². The molecule has 1 saturated heterocycles. The van der Waals surface area contributed by atoms with Gasteiger partial charge >= 0.3 is 0 Å². The lowest BCUT2D eigenvalue weighted by atomic mass is 9.99. The minimum Gasteiger partial charge on any atom is -0.299 e. The van der Waals surface area contributed by atoms with Crippen molar-refractivity contribution >= 4 is 5.78 Å². The Labute approximate surface area is 87.7 Å². The lowest BCUT2D eigenvalue weighted by Gasteiger charge is -2.31. The molecule has 0 N–H and O–H groups in total. The van der Waals surface area contributed by atoms with Gasteiger partial charge in [-0.3, -0.25) is 9.69 Å². The molecule has 1 rings (SSSR count). The largest absolute Gasteiger partial charge is 0.299 e. The number of hydrogen-bond acceptors (Lipinski definition) is 2. The van der Waals surface area contributed by atoms with E-state index < -0.39 is 0 Å². The molecule has 0 aromatic rings. The Morgan fingerprint density at radius 2 is 2.07 bits per heavy atom. The molecule has 0 spiro atoms. The number of rotatable bonds is 3. The Bertz CT molecular complexity index is 205. The molecule has 0 amide bonds. The number of Topliss-reactive ketones (excluding diaryl/α,β-unsaturated/α-hetero) is 1. The van der Waals surface area contributed by atoms with Gasteiger partial charge in [-0.1, -0.05) is 6.92 Å². The molecule has 1 atom stereocenters. The van der Waals surface area contributed by atoms with Crippen molar-refractivity contribution in [3.63, 3.8) is 0 Å². The lowest BCUT2D eigenvalue weighted by Crippen LogP contribution is -2.39. The van der Waals surface area contributed by atoms with Gasteiger partial charge in [0.05, 0.1) is 0 Å². The van der Waals surface area contributed by atoms with E-state index in [9.17, 15) is 4.79 Å². The molecule has 0 saturated carbocycles. The number of nitrogens with zero attached hydrogens (tertiary/aromatic N) is 1. The van der Waals surface area contributed by atoms with E-state index in [0.29, 0.717) is 11.7 Å². The quantitative estimate of drug-likeness (QED) is 0.692. The van der Waals surface area contributed by atoms with Crippen molar-refractivity contribution in [3.05, 3.63) is 0 Å². The van der Waals surface area contributed by atoms with Gasteiger partial charge in [0.15, 0.2) is 0 Å². The first-order chi connectivity index (χ1) is 6.45. The average Bonchev–Trinajstić information content (AvgIpc) is 2.51. The van der Waals surface area contributed by atoms with Crippen molar-refractivity contribution in [2.75, 3.05) is 13.1 Å². The number of ketones is 1. The van der Waals surface area contributed by atoms with Crippen LogP contribution in [0.1, 0.15) is 47.0 Å². The molecule has 0 aliphatic carbocycles. The van der Waals surface area contributed by atoms with Crippen LogP contribution in [0.5, 0.6) is 0 Å². The summed E-state index contributed by atoms with van der Waals surface area (Å²) >= 11 is 0. The van der Waals surface area contributed by atoms with Crippen molar-refractivity contribution in [2.45, 2.75) is 52.5 Å². The van der Waals surface area contributed by atoms with E-state index in [2.05, 4.69) is 32.6 Å². The zero-order chi connectivity index (χ0) is 10.8. The molecule has 0 aromatic carbocycles. The van der Waals surface area contributed by atoms with E-state index in [1.165, 1.54) is 0 Å². The highest BCUT2D eigenvalue weighted by molar-refractivity contribution is 5.81. The summed E-state index contributed by atoms with van der Waals surface area (Å²) in [6, 6.07) is 0. The summed E-state index contributed by atoms with van der Waals surface area (Å²) in [6.07, 6.45) is 2.82. The summed E-state index contributed by atoms with van der Waals surface area (Å²) in [5.41, 5.74) is 0.223. The van der Waals surface area contributed by atoms with E-state index in [4.69, 9.17) is 0 Å². The minimum atomic E-state index is 0.223. The van der Waals surface area contributed by atoms with Crippen LogP contribution in [0, 0.1) is 5.92 Å². The van der Waals surface area contributed by atoms with Gasteiger partial charge in [0.1, 0.15) is 5.78 Å². The molecule has 14 heavy (non-hydrogen) atoms. The van der Waals surface area contributed by atoms with Crippen LogP contribution in [0.2, 0.25) is 0 Å². The highest BCUT2D eigenvalue weighted by atomic mass is 16.1. The van der Waals surface area contributed by atoms with Crippen LogP contribution in [0.25, 0.3) is 0 Å². The maximum atomic E-state index is 11.7. The smallest absolute Gasteiger partial charge is 0.137 e. The summed E-state index contributed by atoms with van der Waals surface area (Å²) in [7, 11) is 0. The van der Waals surface area contributed by atoms with Crippen LogP contribution in [0.4, 0.5) is 0 Å². The predicted molar refractivity (Wildman–Crippen MR) is 59.3 cm³/mol. The SMILES string of the molecule is CCCC(=O)[C@@H]1CCN(C(C)(C)C)C1. The summed E-state index contributed by atoms with van der Waals surface area (Å²) in [5, 5.41) is 0. The highest BCUT2D eigenvalue weighted by Gasteiger charge is 2.32. The average molecular weight is 197 g/mol. The normalized spacial score (nSPS) is 24.1. The standard InChI is InChI=1S/C12H23NO/c1-5-6-11(14)10-7-8-13(9-10)12(2,3)4/h10H,5-9H2,1-4H3/t10-/m1/s1. The molecule has 0 unspecified atom stereocenters. The molecule has 0 aromatic heterocycles. The topological polar surface area (TPSA) is 20.3 Å². The minimum absolute atomic E-state index is 0.223. The van der Waals surface area contributed by atoms with E-state index in [1.54, 1.807) is 0 Å². The first-order valence-corrected chi connectivity index (χ1v) is 5.73. The third kappa shape index (κ3) is 2.81. The number of hydrogen-bond donors (Lipinski definition) is 0. The maximum absolute atomic E-state index is 11.7. The van der Waals surface area contributed by atoms with Gasteiger partial charge in [-0.25, -0.2) is 0 Å². The molecular formula is C12H23NO. The van der Waals surface area contributed by atoms with Crippen LogP contribution < -0.4 is 0 Å².